The van der Waals surface area contributed by atoms with E-state index in [0.717, 1.165) is 36.6 Å². The van der Waals surface area contributed by atoms with Crippen LogP contribution in [0.25, 0.3) is 10.9 Å². The average molecular weight is 342 g/mol. The number of carbonyl (C=O) groups is 3. The van der Waals surface area contributed by atoms with Gasteiger partial charge in [0.05, 0.1) is 12.1 Å². The maximum atomic E-state index is 12.2. The second-order valence-corrected chi connectivity index (χ2v) is 6.30. The summed E-state index contributed by atoms with van der Waals surface area (Å²) in [5, 5.41) is 3.41. The van der Waals surface area contributed by atoms with Gasteiger partial charge in [0, 0.05) is 23.0 Å². The molecule has 7 nitrogen and oxygen atoms in total. The van der Waals surface area contributed by atoms with E-state index in [2.05, 4.69) is 21.2 Å². The van der Waals surface area contributed by atoms with E-state index < -0.39 is 11.8 Å². The lowest BCUT2D eigenvalue weighted by Gasteiger charge is -2.20. The van der Waals surface area contributed by atoms with Gasteiger partial charge in [0.25, 0.3) is 11.8 Å². The first-order valence-corrected chi connectivity index (χ1v) is 8.58. The zero-order valence-electron chi connectivity index (χ0n) is 13.9. The van der Waals surface area contributed by atoms with Crippen LogP contribution in [-0.2, 0) is 9.59 Å². The number of carbonyl (C=O) groups excluding carboxylic acids is 3. The average Bonchev–Trinajstić information content (AvgIpc) is 3.09. The summed E-state index contributed by atoms with van der Waals surface area (Å²) in [7, 11) is 0. The van der Waals surface area contributed by atoms with Gasteiger partial charge in [-0.25, -0.2) is 0 Å². The van der Waals surface area contributed by atoms with Crippen LogP contribution in [0.5, 0.6) is 0 Å². The monoisotopic (exact) mass is 342 g/mol. The normalized spacial score (nSPS) is 14.9. The van der Waals surface area contributed by atoms with Crippen LogP contribution in [0.2, 0.25) is 0 Å². The molecule has 1 aromatic carbocycles. The number of benzene rings is 1. The van der Waals surface area contributed by atoms with Crippen LogP contribution in [0.15, 0.2) is 30.5 Å². The number of nitrogens with one attached hydrogen (secondary N) is 4. The SMILES string of the molecule is O=C(CNC(=O)C1CCCCC1)NNC(=O)c1c[nH]c2ccccc12. The minimum atomic E-state index is -0.461. The third kappa shape index (κ3) is 4.17. The van der Waals surface area contributed by atoms with Gasteiger partial charge in [-0.05, 0) is 18.9 Å². The molecular weight excluding hydrogens is 320 g/mol. The zero-order valence-corrected chi connectivity index (χ0v) is 13.9. The highest BCUT2D eigenvalue weighted by Gasteiger charge is 2.21. The lowest BCUT2D eigenvalue weighted by molar-refractivity contribution is -0.129. The Balaban J connectivity index is 1.45. The fraction of sp³-hybridized carbons (Fsp3) is 0.389. The van der Waals surface area contributed by atoms with Gasteiger partial charge in [-0.3, -0.25) is 25.2 Å². The van der Waals surface area contributed by atoms with Crippen molar-refractivity contribution in [2.75, 3.05) is 6.54 Å². The number of hydrogen-bond acceptors (Lipinski definition) is 3. The molecule has 2 aromatic rings. The molecule has 0 bridgehead atoms. The predicted molar refractivity (Wildman–Crippen MR) is 93.5 cm³/mol. The number of para-hydroxylation sites is 1. The van der Waals surface area contributed by atoms with Crippen molar-refractivity contribution in [1.82, 2.24) is 21.2 Å². The van der Waals surface area contributed by atoms with E-state index >= 15 is 0 Å². The second kappa shape index (κ2) is 7.83. The molecule has 132 valence electrons. The maximum absolute atomic E-state index is 12.2. The summed E-state index contributed by atoms with van der Waals surface area (Å²) >= 11 is 0. The van der Waals surface area contributed by atoms with Crippen LogP contribution in [0.4, 0.5) is 0 Å². The van der Waals surface area contributed by atoms with Crippen molar-refractivity contribution in [1.29, 1.82) is 0 Å². The number of hydrazine groups is 1. The van der Waals surface area contributed by atoms with E-state index in [9.17, 15) is 14.4 Å². The van der Waals surface area contributed by atoms with Gasteiger partial charge in [0.15, 0.2) is 0 Å². The van der Waals surface area contributed by atoms with Crippen molar-refractivity contribution >= 4 is 28.6 Å². The smallest absolute Gasteiger partial charge is 0.271 e. The molecule has 25 heavy (non-hydrogen) atoms. The molecule has 0 unspecified atom stereocenters. The molecule has 0 saturated heterocycles. The minimum absolute atomic E-state index is 0.00219. The molecule has 0 radical (unpaired) electrons. The van der Waals surface area contributed by atoms with Crippen molar-refractivity contribution in [2.24, 2.45) is 5.92 Å². The summed E-state index contributed by atoms with van der Waals surface area (Å²) in [6, 6.07) is 7.40. The topological polar surface area (TPSA) is 103 Å². The summed E-state index contributed by atoms with van der Waals surface area (Å²) in [4.78, 5) is 39.0. The van der Waals surface area contributed by atoms with E-state index in [-0.39, 0.29) is 18.4 Å². The summed E-state index contributed by atoms with van der Waals surface area (Å²) in [5.74, 6) is -0.957. The highest BCUT2D eigenvalue weighted by Crippen LogP contribution is 2.23. The maximum Gasteiger partial charge on any atom is 0.271 e. The molecule has 0 aliphatic heterocycles. The Hall–Kier alpha value is -2.83. The van der Waals surface area contributed by atoms with Crippen molar-refractivity contribution in [3.05, 3.63) is 36.0 Å². The van der Waals surface area contributed by atoms with Crippen LogP contribution >= 0.6 is 0 Å². The van der Waals surface area contributed by atoms with E-state index in [4.69, 9.17) is 0 Å². The van der Waals surface area contributed by atoms with Crippen molar-refractivity contribution in [3.63, 3.8) is 0 Å². The minimum Gasteiger partial charge on any atom is -0.360 e. The van der Waals surface area contributed by atoms with E-state index in [0.29, 0.717) is 5.56 Å². The standard InChI is InChI=1S/C18H22N4O3/c23-16(11-20-17(24)12-6-2-1-3-7-12)21-22-18(25)14-10-19-15-9-5-4-8-13(14)15/h4-5,8-10,12,19H,1-3,6-7,11H2,(H,20,24)(H,21,23)(H,22,25). The molecule has 0 spiro atoms. The molecule has 0 atom stereocenters. The largest absolute Gasteiger partial charge is 0.360 e. The quantitative estimate of drug-likeness (QED) is 0.635. The lowest BCUT2D eigenvalue weighted by Crippen LogP contribution is -2.47. The summed E-state index contributed by atoms with van der Waals surface area (Å²) in [6.07, 6.45) is 6.65. The predicted octanol–water partition coefficient (Wildman–Crippen LogP) is 1.63. The number of aromatic amines is 1. The Labute approximate surface area is 145 Å². The van der Waals surface area contributed by atoms with Crippen LogP contribution in [0, 0.1) is 5.92 Å². The van der Waals surface area contributed by atoms with E-state index in [1.165, 1.54) is 6.42 Å². The fourth-order valence-electron chi connectivity index (χ4n) is 3.17. The van der Waals surface area contributed by atoms with E-state index in [1.54, 1.807) is 6.20 Å². The third-order valence-electron chi connectivity index (χ3n) is 4.55. The zero-order chi connectivity index (χ0) is 17.6. The highest BCUT2D eigenvalue weighted by atomic mass is 16.2. The Morgan fingerprint density at radius 2 is 1.80 bits per heavy atom. The van der Waals surface area contributed by atoms with Crippen molar-refractivity contribution in [3.8, 4) is 0 Å². The first kappa shape index (κ1) is 17.0. The molecule has 1 aromatic heterocycles. The Morgan fingerprint density at radius 1 is 1.04 bits per heavy atom. The van der Waals surface area contributed by atoms with E-state index in [1.807, 2.05) is 24.3 Å². The van der Waals surface area contributed by atoms with Gasteiger partial charge in [0.1, 0.15) is 0 Å². The highest BCUT2D eigenvalue weighted by molar-refractivity contribution is 6.07. The summed E-state index contributed by atoms with van der Waals surface area (Å²) < 4.78 is 0. The van der Waals surface area contributed by atoms with Gasteiger partial charge in [-0.2, -0.15) is 0 Å². The molecular formula is C18H22N4O3. The second-order valence-electron chi connectivity index (χ2n) is 6.30. The van der Waals surface area contributed by atoms with Gasteiger partial charge in [0.2, 0.25) is 5.91 Å². The van der Waals surface area contributed by atoms with Gasteiger partial charge < -0.3 is 10.3 Å². The molecule has 1 heterocycles. The van der Waals surface area contributed by atoms with Crippen LogP contribution in [-0.4, -0.2) is 29.3 Å². The first-order chi connectivity index (χ1) is 12.1. The van der Waals surface area contributed by atoms with Crippen LogP contribution in [0.1, 0.15) is 42.5 Å². The molecule has 1 fully saturated rings. The Morgan fingerprint density at radius 3 is 2.60 bits per heavy atom. The number of amides is 3. The molecule has 3 rings (SSSR count). The third-order valence-corrected chi connectivity index (χ3v) is 4.55. The lowest BCUT2D eigenvalue weighted by atomic mass is 9.89. The van der Waals surface area contributed by atoms with Gasteiger partial charge in [-0.1, -0.05) is 37.5 Å². The summed E-state index contributed by atoms with van der Waals surface area (Å²) in [6.45, 7) is -0.149. The molecule has 1 aliphatic rings. The number of rotatable bonds is 4. The van der Waals surface area contributed by atoms with Crippen molar-refractivity contribution < 1.29 is 14.4 Å². The van der Waals surface area contributed by atoms with Crippen molar-refractivity contribution in [2.45, 2.75) is 32.1 Å². The number of fused-ring (bicyclic) bond motifs is 1. The fourth-order valence-corrected chi connectivity index (χ4v) is 3.17. The van der Waals surface area contributed by atoms with Gasteiger partial charge >= 0.3 is 0 Å². The molecule has 1 saturated carbocycles. The van der Waals surface area contributed by atoms with Crippen LogP contribution < -0.4 is 16.2 Å². The van der Waals surface area contributed by atoms with Gasteiger partial charge in [-0.15, -0.1) is 0 Å². The summed E-state index contributed by atoms with van der Waals surface area (Å²) in [5.41, 5.74) is 5.99. The Kier molecular flexibility index (Phi) is 5.33. The number of aromatic nitrogens is 1. The number of H-pyrrole nitrogens is 1. The molecule has 3 amide bonds. The van der Waals surface area contributed by atoms with Crippen LogP contribution in [0.3, 0.4) is 0 Å². The first-order valence-electron chi connectivity index (χ1n) is 8.58. The molecule has 4 N–H and O–H groups in total. The molecule has 1 aliphatic carbocycles. The number of hydrogen-bond donors (Lipinski definition) is 4. The Bertz CT molecular complexity index is 777. The molecule has 7 heteroatoms.